The molecule has 1 N–H and O–H groups in total. The third-order valence-corrected chi connectivity index (χ3v) is 5.20. The van der Waals surface area contributed by atoms with E-state index < -0.39 is 5.97 Å². The van der Waals surface area contributed by atoms with Crippen LogP contribution in [0.4, 0.5) is 0 Å². The van der Waals surface area contributed by atoms with Gasteiger partial charge in [0.05, 0.1) is 17.7 Å². The Morgan fingerprint density at radius 3 is 2.76 bits per heavy atom. The summed E-state index contributed by atoms with van der Waals surface area (Å²) in [6, 6.07) is 9.24. The lowest BCUT2D eigenvalue weighted by atomic mass is 9.93. The Morgan fingerprint density at radius 2 is 2.12 bits per heavy atom. The maximum Gasteiger partial charge on any atom is 0.307 e. The molecule has 6 heteroatoms. The summed E-state index contributed by atoms with van der Waals surface area (Å²) in [6.07, 6.45) is 3.36. The molecule has 0 spiro atoms. The van der Waals surface area contributed by atoms with Crippen molar-refractivity contribution in [1.82, 2.24) is 9.88 Å². The van der Waals surface area contributed by atoms with Gasteiger partial charge >= 0.3 is 5.97 Å². The summed E-state index contributed by atoms with van der Waals surface area (Å²) in [6.45, 7) is 3.28. The fourth-order valence-corrected chi connectivity index (χ4v) is 3.86. The first-order chi connectivity index (χ1) is 12.0. The minimum Gasteiger partial charge on any atom is -0.481 e. The lowest BCUT2D eigenvalue weighted by Crippen LogP contribution is -2.41. The number of pyridine rings is 1. The fraction of sp³-hybridized carbons (Fsp3) is 0.368. The van der Waals surface area contributed by atoms with Gasteiger partial charge in [-0.1, -0.05) is 35.3 Å². The van der Waals surface area contributed by atoms with Crippen LogP contribution < -0.4 is 0 Å². The Balaban J connectivity index is 2.02. The van der Waals surface area contributed by atoms with E-state index in [-0.39, 0.29) is 12.0 Å². The van der Waals surface area contributed by atoms with Crippen molar-refractivity contribution in [1.29, 1.82) is 0 Å². The highest BCUT2D eigenvalue weighted by molar-refractivity contribution is 6.35. The van der Waals surface area contributed by atoms with E-state index in [1.54, 1.807) is 6.07 Å². The zero-order valence-electron chi connectivity index (χ0n) is 14.0. The van der Waals surface area contributed by atoms with Gasteiger partial charge in [0, 0.05) is 22.8 Å². The first-order valence-corrected chi connectivity index (χ1v) is 9.05. The third kappa shape index (κ3) is 4.14. The first-order valence-electron chi connectivity index (χ1n) is 8.30. The van der Waals surface area contributed by atoms with E-state index >= 15 is 0 Å². The molecule has 1 aromatic carbocycles. The van der Waals surface area contributed by atoms with E-state index in [9.17, 15) is 9.90 Å². The van der Waals surface area contributed by atoms with Gasteiger partial charge < -0.3 is 5.11 Å². The van der Waals surface area contributed by atoms with Gasteiger partial charge in [0.2, 0.25) is 0 Å². The average molecular weight is 379 g/mol. The first kappa shape index (κ1) is 18.2. The number of nitrogens with zero attached hydrogens (tertiary/aromatic N) is 2. The smallest absolute Gasteiger partial charge is 0.307 e. The SMILES string of the molecule is Cc1ccc(C(c2ccc(Cl)cc2Cl)N2CCCC(C(=O)O)C2)nc1. The largest absolute Gasteiger partial charge is 0.481 e. The van der Waals surface area contributed by atoms with Gasteiger partial charge in [-0.15, -0.1) is 0 Å². The Hall–Kier alpha value is -1.62. The molecule has 1 saturated heterocycles. The van der Waals surface area contributed by atoms with Gasteiger partial charge in [-0.05, 0) is 55.6 Å². The molecule has 4 nitrogen and oxygen atoms in total. The number of aryl methyl sites for hydroxylation is 1. The number of hydrogen-bond acceptors (Lipinski definition) is 3. The standard InChI is InChI=1S/C19H20Cl2N2O2/c1-12-4-7-17(22-10-12)18(15-6-5-14(20)9-16(15)21)23-8-2-3-13(11-23)19(24)25/h4-7,9-10,13,18H,2-3,8,11H2,1H3,(H,24,25). The fourth-order valence-electron chi connectivity index (χ4n) is 3.35. The van der Waals surface area contributed by atoms with Crippen LogP contribution in [0.25, 0.3) is 0 Å². The van der Waals surface area contributed by atoms with Gasteiger partial charge in [-0.2, -0.15) is 0 Å². The van der Waals surface area contributed by atoms with Crippen LogP contribution in [0.1, 0.15) is 35.7 Å². The molecule has 2 heterocycles. The van der Waals surface area contributed by atoms with Crippen LogP contribution in [0.3, 0.4) is 0 Å². The quantitative estimate of drug-likeness (QED) is 0.845. The summed E-state index contributed by atoms with van der Waals surface area (Å²) in [5, 5.41) is 10.6. The van der Waals surface area contributed by atoms with E-state index in [0.29, 0.717) is 23.0 Å². The van der Waals surface area contributed by atoms with Crippen molar-refractivity contribution in [2.45, 2.75) is 25.8 Å². The highest BCUT2D eigenvalue weighted by Crippen LogP contribution is 2.36. The van der Waals surface area contributed by atoms with Gasteiger partial charge in [0.15, 0.2) is 0 Å². The predicted octanol–water partition coefficient (Wildman–Crippen LogP) is 4.58. The van der Waals surface area contributed by atoms with Crippen molar-refractivity contribution in [3.05, 3.63) is 63.4 Å². The van der Waals surface area contributed by atoms with Gasteiger partial charge in [0.25, 0.3) is 0 Å². The topological polar surface area (TPSA) is 53.4 Å². The highest BCUT2D eigenvalue weighted by atomic mass is 35.5. The molecule has 0 saturated carbocycles. The molecule has 132 valence electrons. The Bertz CT molecular complexity index is 765. The molecule has 1 aromatic heterocycles. The van der Waals surface area contributed by atoms with Gasteiger partial charge in [0.1, 0.15) is 0 Å². The third-order valence-electron chi connectivity index (χ3n) is 4.64. The van der Waals surface area contributed by atoms with E-state index in [1.807, 2.05) is 37.4 Å². The van der Waals surface area contributed by atoms with Crippen LogP contribution in [0.2, 0.25) is 10.0 Å². The van der Waals surface area contributed by atoms with Crippen LogP contribution in [-0.2, 0) is 4.79 Å². The Labute approximate surface area is 157 Å². The summed E-state index contributed by atoms with van der Waals surface area (Å²) >= 11 is 12.5. The van der Waals surface area contributed by atoms with Crippen LogP contribution >= 0.6 is 23.2 Å². The molecule has 0 bridgehead atoms. The molecule has 1 aliphatic rings. The zero-order chi connectivity index (χ0) is 18.0. The monoisotopic (exact) mass is 378 g/mol. The van der Waals surface area contributed by atoms with E-state index in [0.717, 1.165) is 29.8 Å². The molecule has 1 aliphatic heterocycles. The van der Waals surface area contributed by atoms with Crippen molar-refractivity contribution in [2.75, 3.05) is 13.1 Å². The number of aromatic nitrogens is 1. The number of carboxylic acids is 1. The predicted molar refractivity (Wildman–Crippen MR) is 99.2 cm³/mol. The lowest BCUT2D eigenvalue weighted by Gasteiger charge is -2.37. The number of likely N-dealkylation sites (tertiary alicyclic amines) is 1. The number of benzene rings is 1. The number of carbonyl (C=O) groups is 1. The molecular weight excluding hydrogens is 359 g/mol. The van der Waals surface area contributed by atoms with E-state index in [4.69, 9.17) is 23.2 Å². The molecule has 0 amide bonds. The molecule has 2 aromatic rings. The van der Waals surface area contributed by atoms with Crippen LogP contribution in [0.5, 0.6) is 0 Å². The molecule has 0 aliphatic carbocycles. The number of rotatable bonds is 4. The van der Waals surface area contributed by atoms with Crippen molar-refractivity contribution in [3.8, 4) is 0 Å². The van der Waals surface area contributed by atoms with Crippen LogP contribution in [0, 0.1) is 12.8 Å². The number of piperidine rings is 1. The minimum atomic E-state index is -0.748. The second-order valence-electron chi connectivity index (χ2n) is 6.50. The van der Waals surface area contributed by atoms with E-state index in [2.05, 4.69) is 9.88 Å². The van der Waals surface area contributed by atoms with E-state index in [1.165, 1.54) is 0 Å². The number of aliphatic carboxylic acids is 1. The zero-order valence-corrected chi connectivity index (χ0v) is 15.5. The normalized spacial score (nSPS) is 19.6. The van der Waals surface area contributed by atoms with Gasteiger partial charge in [-0.25, -0.2) is 0 Å². The lowest BCUT2D eigenvalue weighted by molar-refractivity contribution is -0.143. The molecule has 2 unspecified atom stereocenters. The van der Waals surface area contributed by atoms with Gasteiger partial charge in [-0.3, -0.25) is 14.7 Å². The number of carboxylic acid groups (broad SMARTS) is 1. The second kappa shape index (κ2) is 7.73. The summed E-state index contributed by atoms with van der Waals surface area (Å²) < 4.78 is 0. The maximum absolute atomic E-state index is 11.5. The molecule has 2 atom stereocenters. The van der Waals surface area contributed by atoms with Crippen LogP contribution in [-0.4, -0.2) is 34.0 Å². The Morgan fingerprint density at radius 1 is 1.32 bits per heavy atom. The van der Waals surface area contributed by atoms with Crippen molar-refractivity contribution >= 4 is 29.2 Å². The average Bonchev–Trinajstić information content (AvgIpc) is 2.59. The summed E-state index contributed by atoms with van der Waals surface area (Å²) in [7, 11) is 0. The summed E-state index contributed by atoms with van der Waals surface area (Å²) in [5.74, 6) is -1.12. The summed E-state index contributed by atoms with van der Waals surface area (Å²) in [5.41, 5.74) is 2.83. The second-order valence-corrected chi connectivity index (χ2v) is 7.34. The number of halogens is 2. The van der Waals surface area contributed by atoms with Crippen molar-refractivity contribution in [2.24, 2.45) is 5.92 Å². The van der Waals surface area contributed by atoms with Crippen LogP contribution in [0.15, 0.2) is 36.5 Å². The van der Waals surface area contributed by atoms with Crippen molar-refractivity contribution in [3.63, 3.8) is 0 Å². The Kier molecular flexibility index (Phi) is 5.62. The molecule has 3 rings (SSSR count). The molecule has 25 heavy (non-hydrogen) atoms. The molecule has 1 fully saturated rings. The minimum absolute atomic E-state index is 0.187. The number of hydrogen-bond donors (Lipinski definition) is 1. The maximum atomic E-state index is 11.5. The van der Waals surface area contributed by atoms with Crippen molar-refractivity contribution < 1.29 is 9.90 Å². The molecule has 0 radical (unpaired) electrons. The molecular formula is C19H20Cl2N2O2. The highest BCUT2D eigenvalue weighted by Gasteiger charge is 2.32. The summed E-state index contributed by atoms with van der Waals surface area (Å²) in [4.78, 5) is 18.2.